The third-order valence-corrected chi connectivity index (χ3v) is 3.61. The van der Waals surface area contributed by atoms with Crippen molar-refractivity contribution in [2.45, 2.75) is 64.3 Å². The summed E-state index contributed by atoms with van der Waals surface area (Å²) in [7, 11) is 0. The third-order valence-electron chi connectivity index (χ3n) is 3.61. The fourth-order valence-corrected chi connectivity index (χ4v) is 2.64. The lowest BCUT2D eigenvalue weighted by Crippen LogP contribution is -2.32. The number of carbonyl (C=O) groups is 1. The molecule has 0 heterocycles. The molecule has 4 N–H and O–H groups in total. The van der Waals surface area contributed by atoms with E-state index < -0.39 is 11.7 Å². The molecule has 2 unspecified atom stereocenters. The number of nitrogens with one attached hydrogen (secondary N) is 2. The lowest BCUT2D eigenvalue weighted by atomic mass is 10.1. The zero-order valence-corrected chi connectivity index (χ0v) is 13.7. The second-order valence-electron chi connectivity index (χ2n) is 6.97. The van der Waals surface area contributed by atoms with Crippen LogP contribution in [0.5, 0.6) is 0 Å². The normalized spacial score (nSPS) is 21.5. The summed E-state index contributed by atoms with van der Waals surface area (Å²) in [4.78, 5) is 11.7. The van der Waals surface area contributed by atoms with Crippen LogP contribution in [0.25, 0.3) is 0 Å². The van der Waals surface area contributed by atoms with Crippen molar-refractivity contribution in [3.63, 3.8) is 0 Å². The Morgan fingerprint density at radius 1 is 1.36 bits per heavy atom. The van der Waals surface area contributed by atoms with Gasteiger partial charge in [-0.3, -0.25) is 0 Å². The van der Waals surface area contributed by atoms with Gasteiger partial charge in [-0.2, -0.15) is 0 Å². The Labute approximate surface area is 132 Å². The highest BCUT2D eigenvalue weighted by molar-refractivity contribution is 5.67. The summed E-state index contributed by atoms with van der Waals surface area (Å²) >= 11 is 0. The van der Waals surface area contributed by atoms with E-state index in [0.29, 0.717) is 18.6 Å². The number of alkyl carbamates (subject to hydrolysis) is 1. The first-order valence-corrected chi connectivity index (χ1v) is 7.90. The Kier molecular flexibility index (Phi) is 5.29. The van der Waals surface area contributed by atoms with Crippen molar-refractivity contribution in [1.29, 1.82) is 0 Å². The number of rotatable bonds is 4. The zero-order valence-electron chi connectivity index (χ0n) is 13.7. The topological polar surface area (TPSA) is 76.4 Å². The van der Waals surface area contributed by atoms with Crippen LogP contribution in [0.2, 0.25) is 0 Å². The van der Waals surface area contributed by atoms with Crippen molar-refractivity contribution < 1.29 is 9.53 Å². The molecule has 2 atom stereocenters. The van der Waals surface area contributed by atoms with E-state index in [1.165, 1.54) is 0 Å². The average Bonchev–Trinajstić information content (AvgIpc) is 2.80. The Bertz CT molecular complexity index is 511. The van der Waals surface area contributed by atoms with Gasteiger partial charge in [-0.25, -0.2) is 4.79 Å². The van der Waals surface area contributed by atoms with Crippen LogP contribution in [0.15, 0.2) is 24.3 Å². The number of carbonyl (C=O) groups excluding carboxylic acids is 1. The van der Waals surface area contributed by atoms with Crippen molar-refractivity contribution in [3.8, 4) is 0 Å². The highest BCUT2D eigenvalue weighted by Crippen LogP contribution is 2.22. The highest BCUT2D eigenvalue weighted by atomic mass is 16.6. The molecular weight excluding hydrogens is 278 g/mol. The maximum atomic E-state index is 11.7. The zero-order chi connectivity index (χ0) is 16.2. The molecule has 22 heavy (non-hydrogen) atoms. The number of ether oxygens (including phenoxy) is 1. The molecule has 122 valence electrons. The molecular formula is C17H27N3O2. The van der Waals surface area contributed by atoms with Crippen molar-refractivity contribution in [2.24, 2.45) is 5.73 Å². The summed E-state index contributed by atoms with van der Waals surface area (Å²) in [6, 6.07) is 8.84. The van der Waals surface area contributed by atoms with Gasteiger partial charge in [0.1, 0.15) is 5.60 Å². The van der Waals surface area contributed by atoms with Crippen LogP contribution >= 0.6 is 0 Å². The summed E-state index contributed by atoms with van der Waals surface area (Å²) in [5, 5.41) is 6.29. The van der Waals surface area contributed by atoms with Gasteiger partial charge in [0.05, 0.1) is 0 Å². The SMILES string of the molecule is CC(C)(C)OC(=O)NCc1cccc(NC2CCC(N)C2)c1. The molecule has 0 saturated heterocycles. The number of anilines is 1. The maximum absolute atomic E-state index is 11.7. The van der Waals surface area contributed by atoms with Crippen LogP contribution in [0, 0.1) is 0 Å². The summed E-state index contributed by atoms with van der Waals surface area (Å²) in [6.45, 7) is 6.00. The van der Waals surface area contributed by atoms with Crippen molar-refractivity contribution in [1.82, 2.24) is 5.32 Å². The molecule has 1 saturated carbocycles. The first-order chi connectivity index (χ1) is 10.3. The predicted molar refractivity (Wildman–Crippen MR) is 88.8 cm³/mol. The number of hydrogen-bond acceptors (Lipinski definition) is 4. The molecule has 0 spiro atoms. The number of amides is 1. The quantitative estimate of drug-likeness (QED) is 0.799. The first-order valence-electron chi connectivity index (χ1n) is 7.90. The summed E-state index contributed by atoms with van der Waals surface area (Å²) in [6.07, 6.45) is 2.81. The van der Waals surface area contributed by atoms with E-state index in [4.69, 9.17) is 10.5 Å². The Morgan fingerprint density at radius 3 is 2.77 bits per heavy atom. The monoisotopic (exact) mass is 305 g/mol. The van der Waals surface area contributed by atoms with Gasteiger partial charge < -0.3 is 21.1 Å². The lowest BCUT2D eigenvalue weighted by Gasteiger charge is -2.20. The van der Waals surface area contributed by atoms with Crippen molar-refractivity contribution in [2.75, 3.05) is 5.32 Å². The minimum atomic E-state index is -0.477. The highest BCUT2D eigenvalue weighted by Gasteiger charge is 2.21. The standard InChI is InChI=1S/C17H27N3O2/c1-17(2,3)22-16(21)19-11-12-5-4-6-14(9-12)20-15-8-7-13(18)10-15/h4-6,9,13,15,20H,7-8,10-11,18H2,1-3H3,(H,19,21). The summed E-state index contributed by atoms with van der Waals surface area (Å²) in [5.74, 6) is 0. The van der Waals surface area contributed by atoms with Gasteiger partial charge in [-0.05, 0) is 57.7 Å². The van der Waals surface area contributed by atoms with Crippen LogP contribution in [0.4, 0.5) is 10.5 Å². The van der Waals surface area contributed by atoms with Crippen molar-refractivity contribution in [3.05, 3.63) is 29.8 Å². The molecule has 1 aromatic carbocycles. The van der Waals surface area contributed by atoms with Crippen LogP contribution in [-0.2, 0) is 11.3 Å². The fraction of sp³-hybridized carbons (Fsp3) is 0.588. The Hall–Kier alpha value is -1.75. The van der Waals surface area contributed by atoms with Crippen LogP contribution < -0.4 is 16.4 Å². The van der Waals surface area contributed by atoms with Gasteiger partial charge >= 0.3 is 6.09 Å². The molecule has 5 nitrogen and oxygen atoms in total. The molecule has 1 aliphatic rings. The third kappa shape index (κ3) is 5.56. The molecule has 0 aromatic heterocycles. The van der Waals surface area contributed by atoms with E-state index in [0.717, 1.165) is 30.5 Å². The summed E-state index contributed by atoms with van der Waals surface area (Å²) in [5.41, 5.74) is 7.57. The molecule has 0 aliphatic heterocycles. The fourth-order valence-electron chi connectivity index (χ4n) is 2.64. The van der Waals surface area contributed by atoms with E-state index in [-0.39, 0.29) is 0 Å². The van der Waals surface area contributed by atoms with E-state index in [1.807, 2.05) is 39.0 Å². The molecule has 1 fully saturated rings. The van der Waals surface area contributed by atoms with Crippen LogP contribution in [0.1, 0.15) is 45.6 Å². The van der Waals surface area contributed by atoms with E-state index in [2.05, 4.69) is 16.7 Å². The van der Waals surface area contributed by atoms with Crippen molar-refractivity contribution >= 4 is 11.8 Å². The largest absolute Gasteiger partial charge is 0.444 e. The molecule has 2 rings (SSSR count). The van der Waals surface area contributed by atoms with E-state index in [1.54, 1.807) is 0 Å². The molecule has 0 radical (unpaired) electrons. The first kappa shape index (κ1) is 16.6. The molecule has 1 aliphatic carbocycles. The predicted octanol–water partition coefficient (Wildman–Crippen LogP) is 3.00. The van der Waals surface area contributed by atoms with Gasteiger partial charge in [0, 0.05) is 24.3 Å². The molecule has 0 bridgehead atoms. The van der Waals surface area contributed by atoms with Crippen LogP contribution in [0.3, 0.4) is 0 Å². The maximum Gasteiger partial charge on any atom is 0.407 e. The van der Waals surface area contributed by atoms with E-state index >= 15 is 0 Å². The Morgan fingerprint density at radius 2 is 2.14 bits per heavy atom. The van der Waals surface area contributed by atoms with Crippen LogP contribution in [-0.4, -0.2) is 23.8 Å². The Balaban J connectivity index is 1.85. The second kappa shape index (κ2) is 7.01. The molecule has 1 aromatic rings. The van der Waals surface area contributed by atoms with Gasteiger partial charge in [0.25, 0.3) is 0 Å². The van der Waals surface area contributed by atoms with Gasteiger partial charge in [-0.1, -0.05) is 12.1 Å². The average molecular weight is 305 g/mol. The molecule has 5 heteroatoms. The number of benzene rings is 1. The van der Waals surface area contributed by atoms with Gasteiger partial charge in [0.2, 0.25) is 0 Å². The van der Waals surface area contributed by atoms with Gasteiger partial charge in [0.15, 0.2) is 0 Å². The number of nitrogens with two attached hydrogens (primary N) is 1. The number of hydrogen-bond donors (Lipinski definition) is 3. The smallest absolute Gasteiger partial charge is 0.407 e. The molecule has 1 amide bonds. The van der Waals surface area contributed by atoms with Gasteiger partial charge in [-0.15, -0.1) is 0 Å². The minimum absolute atomic E-state index is 0.314. The second-order valence-corrected chi connectivity index (χ2v) is 6.97. The minimum Gasteiger partial charge on any atom is -0.444 e. The summed E-state index contributed by atoms with van der Waals surface area (Å²) < 4.78 is 5.23. The van der Waals surface area contributed by atoms with E-state index in [9.17, 15) is 4.79 Å². The lowest BCUT2D eigenvalue weighted by molar-refractivity contribution is 0.0523.